The van der Waals surface area contributed by atoms with Crippen molar-refractivity contribution in [1.29, 1.82) is 0 Å². The highest BCUT2D eigenvalue weighted by Gasteiger charge is 2.18. The zero-order valence-electron chi connectivity index (χ0n) is 9.74. The normalized spacial score (nSPS) is 16.1. The maximum Gasteiger partial charge on any atom is 0.252 e. The van der Waals surface area contributed by atoms with Gasteiger partial charge in [-0.2, -0.15) is 4.98 Å². The van der Waals surface area contributed by atoms with Crippen molar-refractivity contribution >= 4 is 17.5 Å². The van der Waals surface area contributed by atoms with E-state index in [1.54, 1.807) is 22.8 Å². The molecule has 0 aromatic carbocycles. The van der Waals surface area contributed by atoms with Crippen molar-refractivity contribution in [2.45, 2.75) is 0 Å². The monoisotopic (exact) mass is 247 g/mol. The molecule has 94 valence electrons. The zero-order chi connectivity index (χ0) is 12.5. The number of hydrogen-bond acceptors (Lipinski definition) is 5. The van der Waals surface area contributed by atoms with E-state index in [1.165, 1.54) is 0 Å². The van der Waals surface area contributed by atoms with Gasteiger partial charge in [0, 0.05) is 19.3 Å². The number of rotatable bonds is 2. The number of hydrogen-bond donors (Lipinski definition) is 1. The molecule has 1 fully saturated rings. The number of primary amides is 1. The maximum absolute atomic E-state index is 11.3. The van der Waals surface area contributed by atoms with E-state index in [-0.39, 0.29) is 0 Å². The van der Waals surface area contributed by atoms with Gasteiger partial charge in [-0.3, -0.25) is 4.79 Å². The largest absolute Gasteiger partial charge is 0.378 e. The average Bonchev–Trinajstić information content (AvgIpc) is 2.83. The molecule has 0 bridgehead atoms. The third kappa shape index (κ3) is 1.78. The van der Waals surface area contributed by atoms with Crippen LogP contribution in [0.5, 0.6) is 0 Å². The Morgan fingerprint density at radius 2 is 2.17 bits per heavy atom. The molecule has 2 aromatic heterocycles. The molecule has 1 aliphatic heterocycles. The SMILES string of the molecule is NC(=O)c1cccn2nc(N3CCOCC3)nc12. The van der Waals surface area contributed by atoms with Crippen molar-refractivity contribution in [2.75, 3.05) is 31.2 Å². The Bertz CT molecular complexity index is 588. The lowest BCUT2D eigenvalue weighted by Crippen LogP contribution is -2.36. The Morgan fingerprint density at radius 3 is 2.89 bits per heavy atom. The van der Waals surface area contributed by atoms with Crippen LogP contribution in [0.15, 0.2) is 18.3 Å². The second-order valence-corrected chi connectivity index (χ2v) is 4.07. The van der Waals surface area contributed by atoms with Crippen LogP contribution in [0.4, 0.5) is 5.95 Å². The fraction of sp³-hybridized carbons (Fsp3) is 0.364. The van der Waals surface area contributed by atoms with Gasteiger partial charge in [0.1, 0.15) is 0 Å². The van der Waals surface area contributed by atoms with Crippen LogP contribution in [-0.4, -0.2) is 46.8 Å². The highest BCUT2D eigenvalue weighted by atomic mass is 16.5. The molecule has 2 aromatic rings. The smallest absolute Gasteiger partial charge is 0.252 e. The van der Waals surface area contributed by atoms with Crippen LogP contribution in [0, 0.1) is 0 Å². The van der Waals surface area contributed by atoms with Crippen LogP contribution in [0.2, 0.25) is 0 Å². The third-order valence-corrected chi connectivity index (χ3v) is 2.91. The summed E-state index contributed by atoms with van der Waals surface area (Å²) in [5.41, 5.74) is 6.19. The number of aromatic nitrogens is 3. The van der Waals surface area contributed by atoms with Crippen molar-refractivity contribution in [2.24, 2.45) is 5.73 Å². The molecule has 18 heavy (non-hydrogen) atoms. The van der Waals surface area contributed by atoms with E-state index in [9.17, 15) is 4.79 Å². The summed E-state index contributed by atoms with van der Waals surface area (Å²) in [5, 5.41) is 4.35. The van der Waals surface area contributed by atoms with Gasteiger partial charge < -0.3 is 15.4 Å². The zero-order valence-corrected chi connectivity index (χ0v) is 9.74. The summed E-state index contributed by atoms with van der Waals surface area (Å²) < 4.78 is 6.85. The number of pyridine rings is 1. The third-order valence-electron chi connectivity index (χ3n) is 2.91. The summed E-state index contributed by atoms with van der Waals surface area (Å²) in [6, 6.07) is 3.38. The molecule has 1 amide bonds. The number of morpholine rings is 1. The standard InChI is InChI=1S/C11H13N5O2/c12-9(17)8-2-1-3-16-10(8)13-11(14-16)15-4-6-18-7-5-15/h1-3H,4-7H2,(H2,12,17). The molecule has 0 spiro atoms. The van der Waals surface area contributed by atoms with Crippen molar-refractivity contribution in [3.05, 3.63) is 23.9 Å². The molecule has 3 rings (SSSR count). The van der Waals surface area contributed by atoms with Gasteiger partial charge in [0.25, 0.3) is 5.91 Å². The summed E-state index contributed by atoms with van der Waals surface area (Å²) in [6.45, 7) is 2.84. The highest BCUT2D eigenvalue weighted by molar-refractivity contribution is 5.98. The number of nitrogens with zero attached hydrogens (tertiary/aromatic N) is 4. The molecule has 0 radical (unpaired) electrons. The minimum absolute atomic E-state index is 0.379. The fourth-order valence-electron chi connectivity index (χ4n) is 1.98. The summed E-state index contributed by atoms with van der Waals surface area (Å²) in [7, 11) is 0. The molecule has 7 heteroatoms. The quantitative estimate of drug-likeness (QED) is 0.785. The Hall–Kier alpha value is -2.15. The lowest BCUT2D eigenvalue weighted by molar-refractivity contribution is 0.100. The number of anilines is 1. The first kappa shape index (κ1) is 11.0. The predicted molar refractivity (Wildman–Crippen MR) is 64.5 cm³/mol. The van der Waals surface area contributed by atoms with Crippen LogP contribution < -0.4 is 10.6 Å². The van der Waals surface area contributed by atoms with Gasteiger partial charge in [0.05, 0.1) is 18.8 Å². The first-order valence-corrected chi connectivity index (χ1v) is 5.73. The van der Waals surface area contributed by atoms with Crippen molar-refractivity contribution in [1.82, 2.24) is 14.6 Å². The van der Waals surface area contributed by atoms with Crippen LogP contribution >= 0.6 is 0 Å². The Balaban J connectivity index is 2.04. The molecular formula is C11H13N5O2. The molecule has 0 unspecified atom stereocenters. The number of ether oxygens (including phenoxy) is 1. The van der Waals surface area contributed by atoms with Gasteiger partial charge in [-0.1, -0.05) is 0 Å². The number of amides is 1. The first-order valence-electron chi connectivity index (χ1n) is 5.73. The van der Waals surface area contributed by atoms with Gasteiger partial charge in [-0.05, 0) is 12.1 Å². The van der Waals surface area contributed by atoms with Crippen LogP contribution in [0.3, 0.4) is 0 Å². The van der Waals surface area contributed by atoms with E-state index in [2.05, 4.69) is 10.1 Å². The molecule has 3 heterocycles. The van der Waals surface area contributed by atoms with Gasteiger partial charge in [-0.25, -0.2) is 4.52 Å². The van der Waals surface area contributed by atoms with E-state index >= 15 is 0 Å². The van der Waals surface area contributed by atoms with E-state index < -0.39 is 5.91 Å². The van der Waals surface area contributed by atoms with Gasteiger partial charge in [0.15, 0.2) is 5.65 Å². The topological polar surface area (TPSA) is 85.8 Å². The Morgan fingerprint density at radius 1 is 1.39 bits per heavy atom. The molecule has 1 saturated heterocycles. The summed E-state index contributed by atoms with van der Waals surface area (Å²) >= 11 is 0. The lowest BCUT2D eigenvalue weighted by Gasteiger charge is -2.25. The van der Waals surface area contributed by atoms with E-state index in [4.69, 9.17) is 10.5 Å². The number of carbonyl (C=O) groups is 1. The van der Waals surface area contributed by atoms with Gasteiger partial charge in [-0.15, -0.1) is 5.10 Å². The van der Waals surface area contributed by atoms with E-state index in [1.807, 2.05) is 4.90 Å². The first-order chi connectivity index (χ1) is 8.75. The Labute approximate surface area is 103 Å². The predicted octanol–water partition coefficient (Wildman–Crippen LogP) is -0.335. The number of nitrogens with two attached hydrogens (primary N) is 1. The molecule has 0 aliphatic carbocycles. The lowest BCUT2D eigenvalue weighted by atomic mass is 10.2. The minimum Gasteiger partial charge on any atom is -0.378 e. The van der Waals surface area contributed by atoms with E-state index in [0.717, 1.165) is 13.1 Å². The molecule has 7 nitrogen and oxygen atoms in total. The van der Waals surface area contributed by atoms with Crippen molar-refractivity contribution in [3.63, 3.8) is 0 Å². The molecule has 2 N–H and O–H groups in total. The van der Waals surface area contributed by atoms with Crippen LogP contribution in [0.25, 0.3) is 5.65 Å². The summed E-state index contributed by atoms with van der Waals surface area (Å²) in [6.07, 6.45) is 1.75. The summed E-state index contributed by atoms with van der Waals surface area (Å²) in [4.78, 5) is 17.7. The maximum atomic E-state index is 11.3. The van der Waals surface area contributed by atoms with Gasteiger partial charge in [0.2, 0.25) is 5.95 Å². The highest BCUT2D eigenvalue weighted by Crippen LogP contribution is 2.15. The Kier molecular flexibility index (Phi) is 2.60. The summed E-state index contributed by atoms with van der Waals surface area (Å²) in [5.74, 6) is 0.105. The van der Waals surface area contributed by atoms with Crippen molar-refractivity contribution < 1.29 is 9.53 Å². The minimum atomic E-state index is -0.499. The average molecular weight is 247 g/mol. The van der Waals surface area contributed by atoms with Crippen LogP contribution in [-0.2, 0) is 4.74 Å². The molecule has 0 saturated carbocycles. The molecule has 0 atom stereocenters. The molecule has 1 aliphatic rings. The van der Waals surface area contributed by atoms with Crippen molar-refractivity contribution in [3.8, 4) is 0 Å². The van der Waals surface area contributed by atoms with Gasteiger partial charge >= 0.3 is 0 Å². The second kappa shape index (κ2) is 4.26. The van der Waals surface area contributed by atoms with Crippen LogP contribution in [0.1, 0.15) is 10.4 Å². The van der Waals surface area contributed by atoms with E-state index in [0.29, 0.717) is 30.4 Å². The molecular weight excluding hydrogens is 234 g/mol. The second-order valence-electron chi connectivity index (χ2n) is 4.07. The fourth-order valence-corrected chi connectivity index (χ4v) is 1.98. The number of fused-ring (bicyclic) bond motifs is 1. The number of carbonyl (C=O) groups excluding carboxylic acids is 1.